The number of phenols is 1. The predicted octanol–water partition coefficient (Wildman–Crippen LogP) is 5.64. The van der Waals surface area contributed by atoms with Crippen molar-refractivity contribution >= 4 is 47.1 Å². The first-order valence-corrected chi connectivity index (χ1v) is 13.5. The fraction of sp³-hybridized carbons (Fsp3) is 0.250. The molecule has 0 unspecified atom stereocenters. The average Bonchev–Trinajstić information content (AvgIpc) is 2.90. The fourth-order valence-electron chi connectivity index (χ4n) is 3.56. The summed E-state index contributed by atoms with van der Waals surface area (Å²) in [6.07, 6.45) is 1.41. The van der Waals surface area contributed by atoms with E-state index in [1.165, 1.54) is 18.3 Å². The number of nitrogens with one attached hydrogen (secondary N) is 2. The van der Waals surface area contributed by atoms with Gasteiger partial charge < -0.3 is 15.3 Å². The number of hydrazone groups is 1. The van der Waals surface area contributed by atoms with Crippen molar-refractivity contribution in [2.45, 2.75) is 19.6 Å². The lowest BCUT2D eigenvalue weighted by Crippen LogP contribution is -2.25. The van der Waals surface area contributed by atoms with Gasteiger partial charge in [0.2, 0.25) is 0 Å². The van der Waals surface area contributed by atoms with Gasteiger partial charge in [-0.25, -0.2) is 5.43 Å². The molecule has 0 saturated carbocycles. The second kappa shape index (κ2) is 14.4. The van der Waals surface area contributed by atoms with E-state index in [4.69, 9.17) is 11.6 Å². The van der Waals surface area contributed by atoms with Crippen LogP contribution in [-0.4, -0.2) is 53.4 Å². The second-order valence-electron chi connectivity index (χ2n) is 8.22. The molecule has 3 aromatic carbocycles. The van der Waals surface area contributed by atoms with Gasteiger partial charge >= 0.3 is 0 Å². The van der Waals surface area contributed by atoms with E-state index < -0.39 is 5.91 Å². The number of phenolic OH excluding ortho intramolecular Hbond substituents is 1. The third kappa shape index (κ3) is 8.93. The summed E-state index contributed by atoms with van der Waals surface area (Å²) >= 11 is 7.95. The summed E-state index contributed by atoms with van der Waals surface area (Å²) in [7, 11) is 0. The van der Waals surface area contributed by atoms with Crippen molar-refractivity contribution in [1.82, 2.24) is 10.3 Å². The molecule has 0 aliphatic heterocycles. The Morgan fingerprint density at radius 1 is 1.03 bits per heavy atom. The molecule has 194 valence electrons. The first kappa shape index (κ1) is 28.2. The van der Waals surface area contributed by atoms with Gasteiger partial charge in [0.05, 0.1) is 17.5 Å². The molecule has 3 rings (SSSR count). The highest BCUT2D eigenvalue weighted by atomic mass is 35.5. The summed E-state index contributed by atoms with van der Waals surface area (Å²) in [6.45, 7) is 7.45. The highest BCUT2D eigenvalue weighted by Gasteiger charge is 2.15. The smallest absolute Gasteiger partial charge is 0.273 e. The molecule has 37 heavy (non-hydrogen) atoms. The average molecular weight is 539 g/mol. The molecule has 0 bridgehead atoms. The Balaban J connectivity index is 1.64. The minimum Gasteiger partial charge on any atom is -0.508 e. The number of carbonyl (C=O) groups excluding carboxylic acids is 2. The number of nitrogens with zero attached hydrogens (tertiary/aromatic N) is 2. The standard InChI is InChI=1S/C28H31ClN4O3S/c1-3-33(4-2)13-14-37-19-21-8-5-9-22(15-21)27(35)31-26-12-11-23(29)17-25(26)28(36)32-30-18-20-7-6-10-24(34)16-20/h5-12,15-18,34H,3-4,13-14,19H2,1-2H3,(H,31,35)(H,32,36). The van der Waals surface area contributed by atoms with Gasteiger partial charge in [-0.1, -0.05) is 49.7 Å². The molecule has 7 nitrogen and oxygen atoms in total. The van der Waals surface area contributed by atoms with Crippen LogP contribution in [0.5, 0.6) is 5.75 Å². The lowest BCUT2D eigenvalue weighted by atomic mass is 10.1. The maximum absolute atomic E-state index is 13.0. The zero-order valence-corrected chi connectivity index (χ0v) is 22.5. The molecule has 0 aliphatic carbocycles. The highest BCUT2D eigenvalue weighted by Crippen LogP contribution is 2.22. The Labute approximate surface area is 226 Å². The van der Waals surface area contributed by atoms with Crippen LogP contribution in [0.1, 0.15) is 45.7 Å². The van der Waals surface area contributed by atoms with E-state index >= 15 is 0 Å². The molecule has 0 atom stereocenters. The van der Waals surface area contributed by atoms with Crippen molar-refractivity contribution in [2.24, 2.45) is 5.10 Å². The summed E-state index contributed by atoms with van der Waals surface area (Å²) in [5, 5.41) is 16.7. The van der Waals surface area contributed by atoms with Crippen molar-refractivity contribution in [3.63, 3.8) is 0 Å². The SMILES string of the molecule is CCN(CC)CCSCc1cccc(C(=O)Nc2ccc(Cl)cc2C(=O)NN=Cc2cccc(O)c2)c1. The van der Waals surface area contributed by atoms with E-state index in [1.807, 2.05) is 30.0 Å². The van der Waals surface area contributed by atoms with E-state index in [9.17, 15) is 14.7 Å². The topological polar surface area (TPSA) is 94.0 Å². The predicted molar refractivity (Wildman–Crippen MR) is 153 cm³/mol. The zero-order valence-electron chi connectivity index (χ0n) is 20.9. The number of amides is 2. The van der Waals surface area contributed by atoms with E-state index in [0.717, 1.165) is 36.7 Å². The molecule has 2 amide bonds. The molecule has 0 saturated heterocycles. The molecular formula is C28H31ClN4O3S. The van der Waals surface area contributed by atoms with Crippen molar-refractivity contribution < 1.29 is 14.7 Å². The van der Waals surface area contributed by atoms with Gasteiger partial charge in [0.15, 0.2) is 0 Å². The Bertz CT molecular complexity index is 1250. The summed E-state index contributed by atoms with van der Waals surface area (Å²) in [5.74, 6) is 1.07. The molecule has 0 heterocycles. The molecule has 0 fully saturated rings. The Kier molecular flexibility index (Phi) is 11.0. The van der Waals surface area contributed by atoms with Crippen molar-refractivity contribution in [3.05, 3.63) is 94.0 Å². The van der Waals surface area contributed by atoms with Gasteiger partial charge in [-0.15, -0.1) is 0 Å². The van der Waals surface area contributed by atoms with Gasteiger partial charge in [0, 0.05) is 28.6 Å². The minimum atomic E-state index is -0.535. The van der Waals surface area contributed by atoms with E-state index in [-0.39, 0.29) is 17.2 Å². The number of benzene rings is 3. The zero-order chi connectivity index (χ0) is 26.6. The highest BCUT2D eigenvalue weighted by molar-refractivity contribution is 7.98. The number of rotatable bonds is 12. The number of aromatic hydroxyl groups is 1. The number of halogens is 1. The van der Waals surface area contributed by atoms with Crippen LogP contribution in [0.25, 0.3) is 0 Å². The maximum atomic E-state index is 13.0. The van der Waals surface area contributed by atoms with Crippen LogP contribution < -0.4 is 10.7 Å². The Hall–Kier alpha value is -3.33. The third-order valence-electron chi connectivity index (χ3n) is 5.63. The van der Waals surface area contributed by atoms with Crippen LogP contribution in [0.2, 0.25) is 5.02 Å². The van der Waals surface area contributed by atoms with E-state index in [1.54, 1.807) is 36.4 Å². The maximum Gasteiger partial charge on any atom is 0.273 e. The van der Waals surface area contributed by atoms with Crippen LogP contribution in [0, 0.1) is 0 Å². The molecular weight excluding hydrogens is 508 g/mol. The monoisotopic (exact) mass is 538 g/mol. The number of hydrogen-bond donors (Lipinski definition) is 3. The van der Waals surface area contributed by atoms with E-state index in [0.29, 0.717) is 21.8 Å². The van der Waals surface area contributed by atoms with Crippen molar-refractivity contribution in [3.8, 4) is 5.75 Å². The summed E-state index contributed by atoms with van der Waals surface area (Å²) < 4.78 is 0. The minimum absolute atomic E-state index is 0.0948. The Morgan fingerprint density at radius 3 is 2.57 bits per heavy atom. The van der Waals surface area contributed by atoms with Crippen molar-refractivity contribution in [2.75, 3.05) is 30.7 Å². The first-order valence-electron chi connectivity index (χ1n) is 12.0. The van der Waals surface area contributed by atoms with Crippen LogP contribution in [0.15, 0.2) is 71.8 Å². The van der Waals surface area contributed by atoms with Crippen LogP contribution >= 0.6 is 23.4 Å². The fourth-order valence-corrected chi connectivity index (χ4v) is 4.68. The molecule has 0 aromatic heterocycles. The molecule has 0 radical (unpaired) electrons. The van der Waals surface area contributed by atoms with Crippen molar-refractivity contribution in [1.29, 1.82) is 0 Å². The molecule has 3 aromatic rings. The van der Waals surface area contributed by atoms with Gasteiger partial charge in [-0.05, 0) is 66.7 Å². The number of hydrogen-bond acceptors (Lipinski definition) is 6. The first-order chi connectivity index (χ1) is 17.9. The summed E-state index contributed by atoms with van der Waals surface area (Å²) in [6, 6.07) is 18.6. The lowest BCUT2D eigenvalue weighted by molar-refractivity contribution is 0.0956. The number of anilines is 1. The quantitative estimate of drug-likeness (QED) is 0.158. The molecule has 0 spiro atoms. The molecule has 3 N–H and O–H groups in total. The normalized spacial score (nSPS) is 11.1. The van der Waals surface area contributed by atoms with Crippen LogP contribution in [0.3, 0.4) is 0 Å². The van der Waals surface area contributed by atoms with Gasteiger partial charge in [0.25, 0.3) is 11.8 Å². The van der Waals surface area contributed by atoms with Crippen LogP contribution in [0.4, 0.5) is 5.69 Å². The number of thioether (sulfide) groups is 1. The van der Waals surface area contributed by atoms with Gasteiger partial charge in [-0.2, -0.15) is 16.9 Å². The largest absolute Gasteiger partial charge is 0.508 e. The molecule has 9 heteroatoms. The summed E-state index contributed by atoms with van der Waals surface area (Å²) in [5.41, 5.74) is 5.11. The van der Waals surface area contributed by atoms with Crippen LogP contribution in [-0.2, 0) is 5.75 Å². The van der Waals surface area contributed by atoms with Gasteiger partial charge in [-0.3, -0.25) is 9.59 Å². The number of carbonyl (C=O) groups is 2. The second-order valence-corrected chi connectivity index (χ2v) is 9.76. The lowest BCUT2D eigenvalue weighted by Gasteiger charge is -2.17. The molecule has 0 aliphatic rings. The third-order valence-corrected chi connectivity index (χ3v) is 6.87. The van der Waals surface area contributed by atoms with Gasteiger partial charge in [0.1, 0.15) is 5.75 Å². The summed E-state index contributed by atoms with van der Waals surface area (Å²) in [4.78, 5) is 28.2. The Morgan fingerprint density at radius 2 is 1.81 bits per heavy atom. The van der Waals surface area contributed by atoms with E-state index in [2.05, 4.69) is 34.6 Å².